The van der Waals surface area contributed by atoms with E-state index in [0.717, 1.165) is 51.1 Å². The van der Waals surface area contributed by atoms with Crippen LogP contribution < -0.4 is 14.8 Å². The summed E-state index contributed by atoms with van der Waals surface area (Å²) >= 11 is 0. The number of nitro groups is 1. The third-order valence-electron chi connectivity index (χ3n) is 3.91. The van der Waals surface area contributed by atoms with E-state index in [2.05, 4.69) is 10.2 Å². The van der Waals surface area contributed by atoms with Crippen LogP contribution in [0.5, 0.6) is 11.5 Å². The highest BCUT2D eigenvalue weighted by molar-refractivity contribution is 5.55. The number of benzene rings is 1. The summed E-state index contributed by atoms with van der Waals surface area (Å²) in [5, 5.41) is 14.4. The number of ether oxygens (including phenoxy) is 2. The molecule has 0 aromatic heterocycles. The first kappa shape index (κ1) is 16.5. The molecule has 1 aromatic rings. The maximum atomic E-state index is 11.1. The van der Waals surface area contributed by atoms with Crippen LogP contribution in [0.2, 0.25) is 0 Å². The molecule has 1 fully saturated rings. The summed E-state index contributed by atoms with van der Waals surface area (Å²) in [7, 11) is 2.99. The lowest BCUT2D eigenvalue weighted by Gasteiger charge is -2.27. The number of hydrogen-bond donors (Lipinski definition) is 1. The Kier molecular flexibility index (Phi) is 5.97. The van der Waals surface area contributed by atoms with Gasteiger partial charge in [-0.1, -0.05) is 0 Å². The minimum atomic E-state index is -0.419. The average Bonchev–Trinajstić information content (AvgIpc) is 2.55. The van der Waals surface area contributed by atoms with E-state index in [4.69, 9.17) is 9.47 Å². The molecule has 7 heteroatoms. The SMILES string of the molecule is COc1cc(OC)c([N+](=O)[O-])cc1CCCN1CCNCC1. The van der Waals surface area contributed by atoms with E-state index in [0.29, 0.717) is 5.75 Å². The van der Waals surface area contributed by atoms with Gasteiger partial charge in [-0.3, -0.25) is 10.1 Å². The Balaban J connectivity index is 2.04. The number of hydrogen-bond acceptors (Lipinski definition) is 6. The summed E-state index contributed by atoms with van der Waals surface area (Å²) in [6.45, 7) is 5.15. The zero-order valence-electron chi connectivity index (χ0n) is 13.1. The van der Waals surface area contributed by atoms with Crippen LogP contribution >= 0.6 is 0 Å². The number of piperazine rings is 1. The maximum Gasteiger partial charge on any atom is 0.311 e. The molecule has 1 N–H and O–H groups in total. The molecule has 1 aliphatic heterocycles. The van der Waals surface area contributed by atoms with Crippen molar-refractivity contribution in [2.75, 3.05) is 46.9 Å². The molecule has 0 saturated carbocycles. The fourth-order valence-electron chi connectivity index (χ4n) is 2.71. The number of nitrogens with zero attached hydrogens (tertiary/aromatic N) is 2. The Morgan fingerprint density at radius 2 is 1.91 bits per heavy atom. The molecule has 1 aromatic carbocycles. The topological polar surface area (TPSA) is 76.9 Å². The number of nitrogens with one attached hydrogen (secondary N) is 1. The van der Waals surface area contributed by atoms with Gasteiger partial charge in [0, 0.05) is 43.9 Å². The molecule has 7 nitrogen and oxygen atoms in total. The average molecular weight is 309 g/mol. The number of aryl methyl sites for hydroxylation is 1. The van der Waals surface area contributed by atoms with Gasteiger partial charge in [0.25, 0.3) is 0 Å². The molecule has 22 heavy (non-hydrogen) atoms. The third-order valence-corrected chi connectivity index (χ3v) is 3.91. The minimum Gasteiger partial charge on any atom is -0.496 e. The lowest BCUT2D eigenvalue weighted by atomic mass is 10.1. The molecular weight excluding hydrogens is 286 g/mol. The van der Waals surface area contributed by atoms with E-state index in [1.807, 2.05) is 0 Å². The minimum absolute atomic E-state index is 0.0135. The predicted octanol–water partition coefficient (Wildman–Crippen LogP) is 1.45. The van der Waals surface area contributed by atoms with Gasteiger partial charge in [-0.25, -0.2) is 0 Å². The van der Waals surface area contributed by atoms with Gasteiger partial charge >= 0.3 is 5.69 Å². The normalized spacial score (nSPS) is 15.5. The second kappa shape index (κ2) is 7.95. The highest BCUT2D eigenvalue weighted by Gasteiger charge is 2.19. The molecule has 1 saturated heterocycles. The Hall–Kier alpha value is -1.86. The predicted molar refractivity (Wildman–Crippen MR) is 83.8 cm³/mol. The van der Waals surface area contributed by atoms with Gasteiger partial charge in [0.1, 0.15) is 5.75 Å². The van der Waals surface area contributed by atoms with Crippen LogP contribution in [0.4, 0.5) is 5.69 Å². The summed E-state index contributed by atoms with van der Waals surface area (Å²) in [6, 6.07) is 3.16. The van der Waals surface area contributed by atoms with Crippen LogP contribution in [-0.2, 0) is 6.42 Å². The molecule has 0 amide bonds. The molecule has 0 atom stereocenters. The Morgan fingerprint density at radius 3 is 2.50 bits per heavy atom. The van der Waals surface area contributed by atoms with Crippen molar-refractivity contribution in [2.24, 2.45) is 0 Å². The van der Waals surface area contributed by atoms with Crippen LogP contribution in [0, 0.1) is 10.1 Å². The summed E-state index contributed by atoms with van der Waals surface area (Å²) in [5.41, 5.74) is 0.839. The van der Waals surface area contributed by atoms with Crippen molar-refractivity contribution >= 4 is 5.69 Å². The largest absolute Gasteiger partial charge is 0.496 e. The molecule has 1 aliphatic rings. The zero-order valence-corrected chi connectivity index (χ0v) is 13.1. The van der Waals surface area contributed by atoms with Crippen molar-refractivity contribution < 1.29 is 14.4 Å². The first-order chi connectivity index (χ1) is 10.7. The standard InChI is InChI=1S/C15H23N3O4/c1-21-14-11-15(22-2)13(18(19)20)10-12(14)4-3-7-17-8-5-16-6-9-17/h10-11,16H,3-9H2,1-2H3. The fourth-order valence-corrected chi connectivity index (χ4v) is 2.71. The quantitative estimate of drug-likeness (QED) is 0.607. The third kappa shape index (κ3) is 4.08. The number of rotatable bonds is 7. The molecule has 0 spiro atoms. The van der Waals surface area contributed by atoms with Gasteiger partial charge < -0.3 is 19.7 Å². The van der Waals surface area contributed by atoms with E-state index >= 15 is 0 Å². The van der Waals surface area contributed by atoms with Gasteiger partial charge in [-0.05, 0) is 19.4 Å². The van der Waals surface area contributed by atoms with Crippen LogP contribution in [0.3, 0.4) is 0 Å². The molecule has 1 heterocycles. The molecule has 0 aliphatic carbocycles. The molecule has 2 rings (SSSR count). The first-order valence-electron chi connectivity index (χ1n) is 7.48. The summed E-state index contributed by atoms with van der Waals surface area (Å²) in [6.07, 6.45) is 1.69. The maximum absolute atomic E-state index is 11.1. The molecule has 122 valence electrons. The zero-order chi connectivity index (χ0) is 15.9. The van der Waals surface area contributed by atoms with Crippen molar-refractivity contribution in [1.29, 1.82) is 0 Å². The summed E-state index contributed by atoms with van der Waals surface area (Å²) in [5.74, 6) is 0.871. The van der Waals surface area contributed by atoms with Crippen molar-refractivity contribution in [3.05, 3.63) is 27.8 Å². The monoisotopic (exact) mass is 309 g/mol. The lowest BCUT2D eigenvalue weighted by molar-refractivity contribution is -0.385. The Morgan fingerprint density at radius 1 is 1.23 bits per heavy atom. The fraction of sp³-hybridized carbons (Fsp3) is 0.600. The molecule has 0 radical (unpaired) electrons. The molecule has 0 unspecified atom stereocenters. The van der Waals surface area contributed by atoms with Crippen LogP contribution in [0.15, 0.2) is 12.1 Å². The van der Waals surface area contributed by atoms with E-state index in [1.54, 1.807) is 19.2 Å². The summed E-state index contributed by atoms with van der Waals surface area (Å²) in [4.78, 5) is 13.1. The van der Waals surface area contributed by atoms with Gasteiger partial charge in [0.05, 0.1) is 19.1 Å². The summed E-state index contributed by atoms with van der Waals surface area (Å²) < 4.78 is 10.4. The number of nitro benzene ring substituents is 1. The second-order valence-electron chi connectivity index (χ2n) is 5.29. The highest BCUT2D eigenvalue weighted by Crippen LogP contribution is 2.34. The van der Waals surface area contributed by atoms with Crippen LogP contribution in [0.1, 0.15) is 12.0 Å². The Bertz CT molecular complexity index is 516. The van der Waals surface area contributed by atoms with Crippen molar-refractivity contribution in [3.8, 4) is 11.5 Å². The van der Waals surface area contributed by atoms with E-state index < -0.39 is 4.92 Å². The lowest BCUT2D eigenvalue weighted by Crippen LogP contribution is -2.43. The van der Waals surface area contributed by atoms with Gasteiger partial charge in [-0.2, -0.15) is 0 Å². The van der Waals surface area contributed by atoms with Crippen LogP contribution in [-0.4, -0.2) is 56.8 Å². The van der Waals surface area contributed by atoms with E-state index in [1.165, 1.54) is 7.11 Å². The van der Waals surface area contributed by atoms with Crippen molar-refractivity contribution in [2.45, 2.75) is 12.8 Å². The van der Waals surface area contributed by atoms with E-state index in [9.17, 15) is 10.1 Å². The van der Waals surface area contributed by atoms with E-state index in [-0.39, 0.29) is 11.4 Å². The Labute approximate surface area is 130 Å². The first-order valence-corrected chi connectivity index (χ1v) is 7.48. The molecular formula is C15H23N3O4. The van der Waals surface area contributed by atoms with Crippen molar-refractivity contribution in [1.82, 2.24) is 10.2 Å². The number of methoxy groups -OCH3 is 2. The van der Waals surface area contributed by atoms with Gasteiger partial charge in [0.2, 0.25) is 5.75 Å². The highest BCUT2D eigenvalue weighted by atomic mass is 16.6. The smallest absolute Gasteiger partial charge is 0.311 e. The second-order valence-corrected chi connectivity index (χ2v) is 5.29. The van der Waals surface area contributed by atoms with Gasteiger partial charge in [-0.15, -0.1) is 0 Å². The van der Waals surface area contributed by atoms with Crippen LogP contribution in [0.25, 0.3) is 0 Å². The van der Waals surface area contributed by atoms with Crippen molar-refractivity contribution in [3.63, 3.8) is 0 Å². The molecule has 0 bridgehead atoms. The van der Waals surface area contributed by atoms with Gasteiger partial charge in [0.15, 0.2) is 0 Å².